The summed E-state index contributed by atoms with van der Waals surface area (Å²) in [7, 11) is 4.02. The Hall–Kier alpha value is -1.01. The van der Waals surface area contributed by atoms with E-state index in [0.717, 1.165) is 43.5 Å². The maximum Gasteiger partial charge on any atom is 0.240 e. The molecule has 5 nitrogen and oxygen atoms in total. The van der Waals surface area contributed by atoms with E-state index in [1.807, 2.05) is 38.4 Å². The van der Waals surface area contributed by atoms with Crippen LogP contribution < -0.4 is 15.8 Å². The Morgan fingerprint density at radius 3 is 2.50 bits per heavy atom. The van der Waals surface area contributed by atoms with Crippen molar-refractivity contribution in [2.75, 3.05) is 27.2 Å². The molecule has 138 valence electrons. The zero-order chi connectivity index (χ0) is 16.0. The zero-order valence-corrected chi connectivity index (χ0v) is 16.0. The summed E-state index contributed by atoms with van der Waals surface area (Å²) in [6.45, 7) is 1.93. The fourth-order valence-electron chi connectivity index (χ4n) is 2.71. The smallest absolute Gasteiger partial charge is 0.240 e. The average Bonchev–Trinajstić information content (AvgIpc) is 2.93. The highest BCUT2D eigenvalue weighted by molar-refractivity contribution is 5.86. The second kappa shape index (κ2) is 10.8. The number of para-hydroxylation sites is 1. The molecule has 1 aromatic carbocycles. The van der Waals surface area contributed by atoms with E-state index in [0.29, 0.717) is 13.2 Å². The first-order valence-corrected chi connectivity index (χ1v) is 7.94. The number of nitrogens with two attached hydrogens (primary N) is 1. The van der Waals surface area contributed by atoms with Crippen molar-refractivity contribution in [3.8, 4) is 5.75 Å². The van der Waals surface area contributed by atoms with Gasteiger partial charge in [-0.25, -0.2) is 0 Å². The molecule has 1 saturated carbocycles. The summed E-state index contributed by atoms with van der Waals surface area (Å²) in [4.78, 5) is 14.3. The Morgan fingerprint density at radius 1 is 1.25 bits per heavy atom. The van der Waals surface area contributed by atoms with Gasteiger partial charge in [0.15, 0.2) is 0 Å². The van der Waals surface area contributed by atoms with Gasteiger partial charge in [0.05, 0.1) is 5.54 Å². The van der Waals surface area contributed by atoms with E-state index in [9.17, 15) is 4.79 Å². The minimum absolute atomic E-state index is 0. The number of hydrogen-bond acceptors (Lipinski definition) is 4. The molecule has 0 unspecified atom stereocenters. The molecular weight excluding hydrogens is 349 g/mol. The van der Waals surface area contributed by atoms with E-state index in [2.05, 4.69) is 10.2 Å². The van der Waals surface area contributed by atoms with Crippen LogP contribution in [0.5, 0.6) is 5.75 Å². The molecule has 1 aromatic rings. The van der Waals surface area contributed by atoms with Crippen LogP contribution in [0, 0.1) is 0 Å². The summed E-state index contributed by atoms with van der Waals surface area (Å²) >= 11 is 0. The number of ether oxygens (including phenoxy) is 1. The fraction of sp³-hybridized carbons (Fsp3) is 0.588. The van der Waals surface area contributed by atoms with Crippen molar-refractivity contribution in [1.82, 2.24) is 10.2 Å². The number of rotatable bonds is 7. The van der Waals surface area contributed by atoms with E-state index in [-0.39, 0.29) is 30.7 Å². The molecule has 0 saturated heterocycles. The van der Waals surface area contributed by atoms with Gasteiger partial charge < -0.3 is 20.7 Å². The summed E-state index contributed by atoms with van der Waals surface area (Å²) in [5.74, 6) is 0.773. The minimum Gasteiger partial charge on any atom is -0.492 e. The summed E-state index contributed by atoms with van der Waals surface area (Å²) in [5.41, 5.74) is 6.47. The molecule has 1 aliphatic rings. The third kappa shape index (κ3) is 6.48. The largest absolute Gasteiger partial charge is 0.492 e. The molecule has 1 aliphatic carbocycles. The van der Waals surface area contributed by atoms with Gasteiger partial charge in [-0.3, -0.25) is 4.79 Å². The maximum absolute atomic E-state index is 12.3. The van der Waals surface area contributed by atoms with Gasteiger partial charge in [-0.05, 0) is 33.0 Å². The van der Waals surface area contributed by atoms with Crippen molar-refractivity contribution < 1.29 is 9.53 Å². The van der Waals surface area contributed by atoms with Crippen LogP contribution in [-0.4, -0.2) is 43.6 Å². The van der Waals surface area contributed by atoms with Gasteiger partial charge in [-0.1, -0.05) is 31.0 Å². The molecule has 2 rings (SSSR count). The predicted octanol–water partition coefficient (Wildman–Crippen LogP) is 2.36. The third-order valence-electron chi connectivity index (χ3n) is 4.16. The number of carbonyl (C=O) groups excluding carboxylic acids is 1. The van der Waals surface area contributed by atoms with E-state index in [1.165, 1.54) is 0 Å². The molecule has 0 aliphatic heterocycles. The molecule has 0 heterocycles. The van der Waals surface area contributed by atoms with E-state index in [4.69, 9.17) is 10.5 Å². The van der Waals surface area contributed by atoms with Gasteiger partial charge in [0, 0.05) is 18.7 Å². The van der Waals surface area contributed by atoms with Gasteiger partial charge in [0.25, 0.3) is 0 Å². The van der Waals surface area contributed by atoms with Gasteiger partial charge in [0.2, 0.25) is 5.91 Å². The molecule has 1 fully saturated rings. The number of amides is 1. The standard InChI is InChI=1S/C17H27N3O2.2ClH/c1-20(2)11-12-22-15-8-4-3-7-14(15)13-19-16(21)17(18)9-5-6-10-17;;/h3-4,7-8H,5-6,9-13,18H2,1-2H3,(H,19,21);2*1H. The van der Waals surface area contributed by atoms with Crippen molar-refractivity contribution in [2.24, 2.45) is 5.73 Å². The highest BCUT2D eigenvalue weighted by atomic mass is 35.5. The number of hydrogen-bond donors (Lipinski definition) is 2. The minimum atomic E-state index is -0.680. The van der Waals surface area contributed by atoms with Gasteiger partial charge in [0.1, 0.15) is 12.4 Å². The highest BCUT2D eigenvalue weighted by Crippen LogP contribution is 2.27. The molecule has 0 spiro atoms. The van der Waals surface area contributed by atoms with Crippen molar-refractivity contribution in [2.45, 2.75) is 37.8 Å². The highest BCUT2D eigenvalue weighted by Gasteiger charge is 2.36. The van der Waals surface area contributed by atoms with Crippen molar-refractivity contribution in [3.05, 3.63) is 29.8 Å². The normalized spacial score (nSPS) is 15.3. The Kier molecular flexibility index (Phi) is 10.3. The van der Waals surface area contributed by atoms with Crippen molar-refractivity contribution in [1.29, 1.82) is 0 Å². The summed E-state index contributed by atoms with van der Waals surface area (Å²) in [6, 6.07) is 7.81. The number of nitrogens with zero attached hydrogens (tertiary/aromatic N) is 1. The van der Waals surface area contributed by atoms with Gasteiger partial charge >= 0.3 is 0 Å². The summed E-state index contributed by atoms with van der Waals surface area (Å²) in [5, 5.41) is 2.97. The molecule has 7 heteroatoms. The lowest BCUT2D eigenvalue weighted by molar-refractivity contribution is -0.126. The van der Waals surface area contributed by atoms with Crippen LogP contribution in [0.2, 0.25) is 0 Å². The van der Waals surface area contributed by atoms with Crippen molar-refractivity contribution in [3.63, 3.8) is 0 Å². The van der Waals surface area contributed by atoms with E-state index < -0.39 is 5.54 Å². The number of benzene rings is 1. The van der Waals surface area contributed by atoms with Gasteiger partial charge in [-0.2, -0.15) is 0 Å². The Bertz CT molecular complexity index is 506. The lowest BCUT2D eigenvalue weighted by Crippen LogP contribution is -2.51. The Morgan fingerprint density at radius 2 is 1.88 bits per heavy atom. The number of halogens is 2. The summed E-state index contributed by atoms with van der Waals surface area (Å²) in [6.07, 6.45) is 3.63. The van der Waals surface area contributed by atoms with Crippen LogP contribution in [0.3, 0.4) is 0 Å². The zero-order valence-electron chi connectivity index (χ0n) is 14.4. The monoisotopic (exact) mass is 377 g/mol. The molecule has 24 heavy (non-hydrogen) atoms. The Balaban J connectivity index is 0.00000264. The average molecular weight is 378 g/mol. The second-order valence-corrected chi connectivity index (χ2v) is 6.31. The summed E-state index contributed by atoms with van der Waals surface area (Å²) < 4.78 is 5.81. The molecular formula is C17H29Cl2N3O2. The first-order chi connectivity index (χ1) is 10.5. The van der Waals surface area contributed by atoms with E-state index in [1.54, 1.807) is 0 Å². The second-order valence-electron chi connectivity index (χ2n) is 6.31. The lowest BCUT2D eigenvalue weighted by atomic mass is 9.98. The molecule has 3 N–H and O–H groups in total. The number of nitrogens with one attached hydrogen (secondary N) is 1. The number of carbonyl (C=O) groups is 1. The first-order valence-electron chi connectivity index (χ1n) is 7.94. The SMILES string of the molecule is CN(C)CCOc1ccccc1CNC(=O)C1(N)CCCC1.Cl.Cl. The van der Waals surface area contributed by atoms with Crippen LogP contribution in [0.15, 0.2) is 24.3 Å². The van der Waals surface area contributed by atoms with Crippen LogP contribution >= 0.6 is 24.8 Å². The fourth-order valence-corrected chi connectivity index (χ4v) is 2.71. The molecule has 0 bridgehead atoms. The molecule has 0 aromatic heterocycles. The van der Waals surface area contributed by atoms with E-state index >= 15 is 0 Å². The topological polar surface area (TPSA) is 67.6 Å². The molecule has 0 radical (unpaired) electrons. The van der Waals surface area contributed by atoms with Crippen LogP contribution in [-0.2, 0) is 11.3 Å². The molecule has 1 amide bonds. The first kappa shape index (κ1) is 23.0. The maximum atomic E-state index is 12.3. The Labute approximate surface area is 157 Å². The quantitative estimate of drug-likeness (QED) is 0.765. The predicted molar refractivity (Wildman–Crippen MR) is 102 cm³/mol. The number of likely N-dealkylation sites (N-methyl/N-ethyl adjacent to an activating group) is 1. The molecule has 0 atom stereocenters. The van der Waals surface area contributed by atoms with Crippen LogP contribution in [0.4, 0.5) is 0 Å². The van der Waals surface area contributed by atoms with Crippen molar-refractivity contribution >= 4 is 30.7 Å². The van der Waals surface area contributed by atoms with Gasteiger partial charge in [-0.15, -0.1) is 24.8 Å². The third-order valence-corrected chi connectivity index (χ3v) is 4.16. The van der Waals surface area contributed by atoms with Crippen LogP contribution in [0.25, 0.3) is 0 Å². The van der Waals surface area contributed by atoms with Crippen LogP contribution in [0.1, 0.15) is 31.2 Å². The lowest BCUT2D eigenvalue weighted by Gasteiger charge is -2.22.